The monoisotopic (exact) mass is 210 g/mol. The van der Waals surface area contributed by atoms with Gasteiger partial charge in [0.15, 0.2) is 0 Å². The molecule has 0 amide bonds. The third kappa shape index (κ3) is 3.01. The molecule has 0 saturated carbocycles. The third-order valence-electron chi connectivity index (χ3n) is 2.30. The Morgan fingerprint density at radius 2 is 2.29 bits per heavy atom. The van der Waals surface area contributed by atoms with Crippen molar-refractivity contribution < 1.29 is 0 Å². The molecular formula is C11H18N2S. The van der Waals surface area contributed by atoms with Crippen LogP contribution in [-0.2, 0) is 6.42 Å². The Bertz CT molecular complexity index is 276. The molecule has 1 unspecified atom stereocenters. The van der Waals surface area contributed by atoms with Crippen molar-refractivity contribution in [2.45, 2.75) is 19.4 Å². The Morgan fingerprint density at radius 3 is 2.86 bits per heavy atom. The molecule has 0 radical (unpaired) electrons. The maximum atomic E-state index is 5.52. The smallest absolute Gasteiger partial charge is 0.0550 e. The fraction of sp³-hybridized carbons (Fsp3) is 0.455. The van der Waals surface area contributed by atoms with E-state index in [4.69, 9.17) is 5.84 Å². The lowest BCUT2D eigenvalue weighted by atomic mass is 10.0. The number of hydrogen-bond donors (Lipinski definition) is 2. The second kappa shape index (κ2) is 6.06. The highest BCUT2D eigenvalue weighted by molar-refractivity contribution is 7.98. The van der Waals surface area contributed by atoms with Gasteiger partial charge in [0.05, 0.1) is 6.04 Å². The summed E-state index contributed by atoms with van der Waals surface area (Å²) in [5, 5.41) is 0. The summed E-state index contributed by atoms with van der Waals surface area (Å²) in [6.07, 6.45) is 3.17. The highest BCUT2D eigenvalue weighted by atomic mass is 32.2. The van der Waals surface area contributed by atoms with Crippen LogP contribution in [0.1, 0.15) is 24.1 Å². The molecule has 3 N–H and O–H groups in total. The maximum Gasteiger partial charge on any atom is 0.0550 e. The van der Waals surface area contributed by atoms with Gasteiger partial charge in [-0.3, -0.25) is 11.3 Å². The number of hydrogen-bond acceptors (Lipinski definition) is 3. The Labute approximate surface area is 90.2 Å². The van der Waals surface area contributed by atoms with Crippen LogP contribution >= 0.6 is 11.8 Å². The molecule has 78 valence electrons. The van der Waals surface area contributed by atoms with E-state index in [1.54, 1.807) is 11.8 Å². The van der Waals surface area contributed by atoms with Crippen LogP contribution in [0.25, 0.3) is 0 Å². The SMILES string of the molecule is CCc1cccc(C(CSC)NN)c1. The Kier molecular flexibility index (Phi) is 5.01. The highest BCUT2D eigenvalue weighted by Gasteiger charge is 2.08. The summed E-state index contributed by atoms with van der Waals surface area (Å²) in [6.45, 7) is 2.17. The van der Waals surface area contributed by atoms with Gasteiger partial charge in [-0.1, -0.05) is 31.2 Å². The van der Waals surface area contributed by atoms with Gasteiger partial charge < -0.3 is 0 Å². The van der Waals surface area contributed by atoms with Crippen LogP contribution in [-0.4, -0.2) is 12.0 Å². The van der Waals surface area contributed by atoms with Gasteiger partial charge in [0.1, 0.15) is 0 Å². The molecule has 0 aliphatic heterocycles. The van der Waals surface area contributed by atoms with Crippen LogP contribution in [0.3, 0.4) is 0 Å². The molecule has 1 aromatic carbocycles. The first-order chi connectivity index (χ1) is 6.81. The van der Waals surface area contributed by atoms with E-state index in [9.17, 15) is 0 Å². The number of aryl methyl sites for hydroxylation is 1. The molecule has 0 bridgehead atoms. The molecule has 1 aromatic rings. The average molecular weight is 210 g/mol. The van der Waals surface area contributed by atoms with Crippen LogP contribution in [0.2, 0.25) is 0 Å². The summed E-state index contributed by atoms with van der Waals surface area (Å²) in [5.41, 5.74) is 5.49. The van der Waals surface area contributed by atoms with E-state index >= 15 is 0 Å². The molecule has 14 heavy (non-hydrogen) atoms. The van der Waals surface area contributed by atoms with Crippen molar-refractivity contribution in [1.29, 1.82) is 0 Å². The van der Waals surface area contributed by atoms with Gasteiger partial charge in [0.25, 0.3) is 0 Å². The van der Waals surface area contributed by atoms with Gasteiger partial charge >= 0.3 is 0 Å². The molecule has 3 heteroatoms. The van der Waals surface area contributed by atoms with Crippen molar-refractivity contribution >= 4 is 11.8 Å². The van der Waals surface area contributed by atoms with Crippen LogP contribution < -0.4 is 11.3 Å². The molecule has 0 aliphatic carbocycles. The molecule has 1 rings (SSSR count). The normalized spacial score (nSPS) is 12.8. The Morgan fingerprint density at radius 1 is 1.50 bits per heavy atom. The van der Waals surface area contributed by atoms with E-state index in [2.05, 4.69) is 42.9 Å². The topological polar surface area (TPSA) is 38.0 Å². The van der Waals surface area contributed by atoms with Crippen molar-refractivity contribution in [3.05, 3.63) is 35.4 Å². The van der Waals surface area contributed by atoms with E-state index in [0.29, 0.717) is 0 Å². The number of benzene rings is 1. The Hall–Kier alpha value is -0.510. The molecule has 0 heterocycles. The van der Waals surface area contributed by atoms with Crippen LogP contribution in [0, 0.1) is 0 Å². The van der Waals surface area contributed by atoms with Crippen LogP contribution in [0.5, 0.6) is 0 Å². The molecule has 0 aliphatic rings. The molecule has 0 saturated heterocycles. The number of thioether (sulfide) groups is 1. The third-order valence-corrected chi connectivity index (χ3v) is 2.96. The molecule has 0 spiro atoms. The van der Waals surface area contributed by atoms with Gasteiger partial charge in [-0.15, -0.1) is 0 Å². The zero-order chi connectivity index (χ0) is 10.4. The molecule has 0 aromatic heterocycles. The van der Waals surface area contributed by atoms with Gasteiger partial charge in [0, 0.05) is 5.75 Å². The maximum absolute atomic E-state index is 5.52. The standard InChI is InChI=1S/C11H18N2S/c1-3-9-5-4-6-10(7-9)11(13-12)8-14-2/h4-7,11,13H,3,8,12H2,1-2H3. The zero-order valence-corrected chi connectivity index (χ0v) is 9.60. The van der Waals surface area contributed by atoms with E-state index in [-0.39, 0.29) is 6.04 Å². The number of hydrazine groups is 1. The van der Waals surface area contributed by atoms with Crippen molar-refractivity contribution in [3.8, 4) is 0 Å². The lowest BCUT2D eigenvalue weighted by molar-refractivity contribution is 0.610. The summed E-state index contributed by atoms with van der Waals surface area (Å²) >= 11 is 1.80. The first kappa shape index (κ1) is 11.6. The fourth-order valence-electron chi connectivity index (χ4n) is 1.44. The van der Waals surface area contributed by atoms with Crippen LogP contribution in [0.15, 0.2) is 24.3 Å². The highest BCUT2D eigenvalue weighted by Crippen LogP contribution is 2.17. The largest absolute Gasteiger partial charge is 0.271 e. The van der Waals surface area contributed by atoms with E-state index < -0.39 is 0 Å². The van der Waals surface area contributed by atoms with Gasteiger partial charge in [0.2, 0.25) is 0 Å². The summed E-state index contributed by atoms with van der Waals surface area (Å²) in [7, 11) is 0. The van der Waals surface area contributed by atoms with E-state index in [1.165, 1.54) is 11.1 Å². The average Bonchev–Trinajstić information content (AvgIpc) is 2.26. The van der Waals surface area contributed by atoms with Crippen molar-refractivity contribution in [2.75, 3.05) is 12.0 Å². The van der Waals surface area contributed by atoms with Gasteiger partial charge in [-0.05, 0) is 23.8 Å². The number of nitrogens with one attached hydrogen (secondary N) is 1. The summed E-state index contributed by atoms with van der Waals surface area (Å²) < 4.78 is 0. The quantitative estimate of drug-likeness (QED) is 0.577. The lowest BCUT2D eigenvalue weighted by Crippen LogP contribution is -2.29. The van der Waals surface area contributed by atoms with E-state index in [0.717, 1.165) is 12.2 Å². The number of rotatable bonds is 5. The van der Waals surface area contributed by atoms with Gasteiger partial charge in [-0.2, -0.15) is 11.8 Å². The van der Waals surface area contributed by atoms with Crippen molar-refractivity contribution in [2.24, 2.45) is 5.84 Å². The summed E-state index contributed by atoms with van der Waals surface area (Å²) in [5.74, 6) is 6.52. The first-order valence-electron chi connectivity index (χ1n) is 4.85. The molecule has 1 atom stereocenters. The van der Waals surface area contributed by atoms with Gasteiger partial charge in [-0.25, -0.2) is 0 Å². The van der Waals surface area contributed by atoms with Crippen molar-refractivity contribution in [3.63, 3.8) is 0 Å². The minimum absolute atomic E-state index is 0.261. The van der Waals surface area contributed by atoms with Crippen LogP contribution in [0.4, 0.5) is 0 Å². The minimum atomic E-state index is 0.261. The fourth-order valence-corrected chi connectivity index (χ4v) is 2.06. The van der Waals surface area contributed by atoms with E-state index in [1.807, 2.05) is 0 Å². The van der Waals surface area contributed by atoms with Crippen molar-refractivity contribution in [1.82, 2.24) is 5.43 Å². The predicted molar refractivity (Wildman–Crippen MR) is 64.3 cm³/mol. The second-order valence-corrected chi connectivity index (χ2v) is 4.18. The number of nitrogens with two attached hydrogens (primary N) is 1. The molecule has 0 fully saturated rings. The molecular weight excluding hydrogens is 192 g/mol. The first-order valence-corrected chi connectivity index (χ1v) is 6.25. The summed E-state index contributed by atoms with van der Waals surface area (Å²) in [4.78, 5) is 0. The second-order valence-electron chi connectivity index (χ2n) is 3.27. The zero-order valence-electron chi connectivity index (χ0n) is 8.79. The summed E-state index contributed by atoms with van der Waals surface area (Å²) in [6, 6.07) is 8.85. The predicted octanol–water partition coefficient (Wildman–Crippen LogP) is 2.12. The minimum Gasteiger partial charge on any atom is -0.271 e. The lowest BCUT2D eigenvalue weighted by Gasteiger charge is -2.15. The molecule has 2 nitrogen and oxygen atoms in total. The Balaban J connectivity index is 2.80.